The summed E-state index contributed by atoms with van der Waals surface area (Å²) in [6.45, 7) is 11.8. The molecule has 3 aliphatic heterocycles. The lowest BCUT2D eigenvalue weighted by molar-refractivity contribution is -0.147. The molecule has 4 rings (SSSR count). The molecule has 0 aromatic rings. The maximum absolute atomic E-state index is 14.0. The first-order valence-corrected chi connectivity index (χ1v) is 12.8. The van der Waals surface area contributed by atoms with Crippen molar-refractivity contribution in [2.24, 2.45) is 11.3 Å². The average molecular weight is 482 g/mol. The van der Waals surface area contributed by atoms with E-state index in [1.54, 1.807) is 12.0 Å². The standard InChI is InChI=1S/C25H43N3O6/c1-15(2)25(9-7-16(11-25)26-17-8-10-33-14-20(17)32-6)22(30)27-12-19-21(29)18(27)13-28(19)23(31)34-24(3,4)5/h15-21,26,29H,7-14H2,1-6H3/t16?,17?,18-,19-,20?,21+,25+/m1/s1. The maximum Gasteiger partial charge on any atom is 0.410 e. The molecular formula is C25H43N3O6. The molecule has 0 radical (unpaired) electrons. The van der Waals surface area contributed by atoms with Crippen LogP contribution in [0.1, 0.15) is 60.3 Å². The molecule has 3 saturated heterocycles. The maximum atomic E-state index is 14.0. The normalized spacial score (nSPS) is 38.1. The second-order valence-corrected chi connectivity index (χ2v) is 11.9. The van der Waals surface area contributed by atoms with E-state index in [4.69, 9.17) is 14.2 Å². The van der Waals surface area contributed by atoms with Gasteiger partial charge in [0.25, 0.3) is 0 Å². The Balaban J connectivity index is 1.43. The minimum Gasteiger partial charge on any atom is -0.444 e. The van der Waals surface area contributed by atoms with Crippen LogP contribution in [0.3, 0.4) is 0 Å². The highest BCUT2D eigenvalue weighted by molar-refractivity contribution is 5.85. The van der Waals surface area contributed by atoms with E-state index in [0.29, 0.717) is 19.7 Å². The third kappa shape index (κ3) is 4.68. The summed E-state index contributed by atoms with van der Waals surface area (Å²) in [7, 11) is 1.72. The Kier molecular flexibility index (Phi) is 7.22. The van der Waals surface area contributed by atoms with Crippen LogP contribution in [0.15, 0.2) is 0 Å². The SMILES string of the molecule is COC1COCCC1NC1CC[C@@](C(=O)N2C[C@@H]3[C@@H](O)[C@H]2CN3C(=O)OC(C)(C)C)(C(C)C)C1. The van der Waals surface area contributed by atoms with E-state index < -0.39 is 29.3 Å². The number of amides is 2. The van der Waals surface area contributed by atoms with Gasteiger partial charge in [-0.15, -0.1) is 0 Å². The van der Waals surface area contributed by atoms with Crippen molar-refractivity contribution in [1.29, 1.82) is 0 Å². The van der Waals surface area contributed by atoms with Gasteiger partial charge < -0.3 is 29.5 Å². The fourth-order valence-electron chi connectivity index (χ4n) is 6.38. The number of ether oxygens (including phenoxy) is 3. The number of hydrogen-bond donors (Lipinski definition) is 2. The zero-order valence-corrected chi connectivity index (χ0v) is 21.6. The number of nitrogens with one attached hydrogen (secondary N) is 1. The molecule has 4 fully saturated rings. The molecule has 2 N–H and O–H groups in total. The largest absolute Gasteiger partial charge is 0.444 e. The molecule has 4 aliphatic rings. The Morgan fingerprint density at radius 2 is 1.82 bits per heavy atom. The predicted molar refractivity (Wildman–Crippen MR) is 126 cm³/mol. The number of carbonyl (C=O) groups is 2. The van der Waals surface area contributed by atoms with Crippen molar-refractivity contribution in [1.82, 2.24) is 15.1 Å². The number of likely N-dealkylation sites (tertiary alicyclic amines) is 2. The smallest absolute Gasteiger partial charge is 0.410 e. The van der Waals surface area contributed by atoms with E-state index >= 15 is 0 Å². The average Bonchev–Trinajstić information content (AvgIpc) is 3.44. The van der Waals surface area contributed by atoms with Gasteiger partial charge in [0.2, 0.25) is 5.91 Å². The highest BCUT2D eigenvalue weighted by Gasteiger charge is 2.59. The fraction of sp³-hybridized carbons (Fsp3) is 0.920. The molecule has 194 valence electrons. The topological polar surface area (TPSA) is 101 Å². The highest BCUT2D eigenvalue weighted by Crippen LogP contribution is 2.48. The molecule has 7 atom stereocenters. The fourth-order valence-corrected chi connectivity index (χ4v) is 6.38. The van der Waals surface area contributed by atoms with Crippen LogP contribution in [0.2, 0.25) is 0 Å². The van der Waals surface area contributed by atoms with Gasteiger partial charge >= 0.3 is 6.09 Å². The number of fused-ring (bicyclic) bond motifs is 2. The molecule has 2 bridgehead atoms. The lowest BCUT2D eigenvalue weighted by Crippen LogP contribution is -2.56. The van der Waals surface area contributed by atoms with Gasteiger partial charge in [0, 0.05) is 38.9 Å². The summed E-state index contributed by atoms with van der Waals surface area (Å²) in [5.41, 5.74) is -1.06. The van der Waals surface area contributed by atoms with Gasteiger partial charge in [-0.3, -0.25) is 9.69 Å². The Morgan fingerprint density at radius 3 is 2.41 bits per heavy atom. The van der Waals surface area contributed by atoms with E-state index in [1.165, 1.54) is 0 Å². The summed E-state index contributed by atoms with van der Waals surface area (Å²) >= 11 is 0. The van der Waals surface area contributed by atoms with Crippen LogP contribution >= 0.6 is 0 Å². The van der Waals surface area contributed by atoms with Gasteiger partial charge in [0.1, 0.15) is 5.60 Å². The first kappa shape index (κ1) is 25.7. The number of methoxy groups -OCH3 is 1. The number of hydrogen-bond acceptors (Lipinski definition) is 7. The first-order valence-electron chi connectivity index (χ1n) is 12.8. The second-order valence-electron chi connectivity index (χ2n) is 11.9. The van der Waals surface area contributed by atoms with E-state index in [-0.39, 0.29) is 36.1 Å². The zero-order valence-electron chi connectivity index (χ0n) is 21.6. The summed E-state index contributed by atoms with van der Waals surface area (Å²) in [6.07, 6.45) is 2.31. The van der Waals surface area contributed by atoms with E-state index in [9.17, 15) is 14.7 Å². The zero-order chi connectivity index (χ0) is 24.8. The molecule has 0 aromatic heterocycles. The Morgan fingerprint density at radius 1 is 1.15 bits per heavy atom. The van der Waals surface area contributed by atoms with Crippen LogP contribution in [-0.2, 0) is 19.0 Å². The molecular weight excluding hydrogens is 438 g/mol. The number of aliphatic hydroxyl groups is 1. The quantitative estimate of drug-likeness (QED) is 0.617. The molecule has 0 spiro atoms. The molecule has 2 amide bonds. The monoisotopic (exact) mass is 481 g/mol. The van der Waals surface area contributed by atoms with E-state index in [2.05, 4.69) is 19.2 Å². The third-order valence-electron chi connectivity index (χ3n) is 8.38. The highest BCUT2D eigenvalue weighted by atomic mass is 16.6. The molecule has 1 aliphatic carbocycles. The van der Waals surface area contributed by atoms with Crippen LogP contribution in [0.4, 0.5) is 4.79 Å². The van der Waals surface area contributed by atoms with Crippen molar-refractivity contribution < 1.29 is 28.9 Å². The summed E-state index contributed by atoms with van der Waals surface area (Å²) in [6, 6.07) is -0.307. The summed E-state index contributed by atoms with van der Waals surface area (Å²) in [4.78, 5) is 30.1. The molecule has 9 nitrogen and oxygen atoms in total. The molecule has 9 heteroatoms. The van der Waals surface area contributed by atoms with Crippen LogP contribution in [-0.4, -0.2) is 102 Å². The van der Waals surface area contributed by atoms with Gasteiger partial charge in [0.05, 0.1) is 36.3 Å². The summed E-state index contributed by atoms with van der Waals surface area (Å²) < 4.78 is 16.7. The lowest BCUT2D eigenvalue weighted by Gasteiger charge is -2.41. The summed E-state index contributed by atoms with van der Waals surface area (Å²) in [5.74, 6) is 0.301. The number of rotatable bonds is 5. The van der Waals surface area contributed by atoms with Gasteiger partial charge in [-0.1, -0.05) is 13.8 Å². The van der Waals surface area contributed by atoms with Crippen molar-refractivity contribution in [3.8, 4) is 0 Å². The minimum absolute atomic E-state index is 0.0294. The Hall–Kier alpha value is -1.42. The lowest BCUT2D eigenvalue weighted by atomic mass is 9.74. The Bertz CT molecular complexity index is 770. The number of aliphatic hydroxyl groups excluding tert-OH is 1. The van der Waals surface area contributed by atoms with Crippen molar-refractivity contribution in [3.05, 3.63) is 0 Å². The molecule has 1 saturated carbocycles. The van der Waals surface area contributed by atoms with Crippen LogP contribution in [0.25, 0.3) is 0 Å². The van der Waals surface area contributed by atoms with Gasteiger partial charge in [-0.2, -0.15) is 0 Å². The number of piperazine rings is 1. The molecule has 34 heavy (non-hydrogen) atoms. The predicted octanol–water partition coefficient (Wildman–Crippen LogP) is 1.77. The summed E-state index contributed by atoms with van der Waals surface area (Å²) in [5, 5.41) is 14.6. The Labute approximate surface area is 203 Å². The number of nitrogens with zero attached hydrogens (tertiary/aromatic N) is 2. The van der Waals surface area contributed by atoms with Crippen molar-refractivity contribution in [2.75, 3.05) is 33.4 Å². The molecule has 3 unspecified atom stereocenters. The van der Waals surface area contributed by atoms with Crippen LogP contribution < -0.4 is 5.32 Å². The van der Waals surface area contributed by atoms with E-state index in [1.807, 2.05) is 25.7 Å². The third-order valence-corrected chi connectivity index (χ3v) is 8.38. The first-order chi connectivity index (χ1) is 16.0. The number of carbonyl (C=O) groups excluding carboxylic acids is 2. The van der Waals surface area contributed by atoms with Gasteiger partial charge in [-0.05, 0) is 52.4 Å². The van der Waals surface area contributed by atoms with Crippen molar-refractivity contribution in [2.45, 2.75) is 102 Å². The van der Waals surface area contributed by atoms with Gasteiger partial charge in [-0.25, -0.2) is 4.79 Å². The minimum atomic E-state index is -0.735. The van der Waals surface area contributed by atoms with Gasteiger partial charge in [0.15, 0.2) is 0 Å². The second kappa shape index (κ2) is 9.56. The van der Waals surface area contributed by atoms with Crippen molar-refractivity contribution >= 4 is 12.0 Å². The van der Waals surface area contributed by atoms with E-state index in [0.717, 1.165) is 32.3 Å². The van der Waals surface area contributed by atoms with Crippen LogP contribution in [0, 0.1) is 11.3 Å². The molecule has 0 aromatic carbocycles. The van der Waals surface area contributed by atoms with Crippen LogP contribution in [0.5, 0.6) is 0 Å². The van der Waals surface area contributed by atoms with Crippen molar-refractivity contribution in [3.63, 3.8) is 0 Å². The molecule has 3 heterocycles.